The van der Waals surface area contributed by atoms with Gasteiger partial charge in [0.1, 0.15) is 0 Å². The minimum Gasteiger partial charge on any atom is -0.192 e. The van der Waals surface area contributed by atoms with Gasteiger partial charge in [0.2, 0.25) is 0 Å². The topological polar surface area (TPSA) is 23.8 Å². The predicted octanol–water partition coefficient (Wildman–Crippen LogP) is 6.40. The van der Waals surface area contributed by atoms with Crippen LogP contribution in [0.3, 0.4) is 0 Å². The van der Waals surface area contributed by atoms with Crippen LogP contribution in [0.25, 0.3) is 0 Å². The zero-order valence-corrected chi connectivity index (χ0v) is 16.6. The van der Waals surface area contributed by atoms with E-state index in [1.165, 1.54) is 36.8 Å². The van der Waals surface area contributed by atoms with Crippen molar-refractivity contribution >= 4 is 0 Å². The lowest BCUT2D eigenvalue weighted by atomic mass is 9.79. The Hall–Kier alpha value is -2.51. The molecule has 0 amide bonds. The first-order valence-corrected chi connectivity index (χ1v) is 10.4. The number of hydrogen-bond donors (Lipinski definition) is 0. The van der Waals surface area contributed by atoms with Crippen molar-refractivity contribution in [2.75, 3.05) is 0 Å². The molecule has 0 unspecified atom stereocenters. The zero-order valence-electron chi connectivity index (χ0n) is 16.6. The summed E-state index contributed by atoms with van der Waals surface area (Å²) in [4.78, 5) is 0. The molecule has 0 bridgehead atoms. The van der Waals surface area contributed by atoms with Crippen LogP contribution in [0.4, 0.5) is 0 Å². The van der Waals surface area contributed by atoms with Gasteiger partial charge in [-0.1, -0.05) is 62.4 Å². The first-order valence-electron chi connectivity index (χ1n) is 10.4. The molecule has 0 aromatic heterocycles. The van der Waals surface area contributed by atoms with Gasteiger partial charge in [-0.15, -0.1) is 0 Å². The Kier molecular flexibility index (Phi) is 6.73. The molecule has 1 aliphatic rings. The molecule has 1 saturated carbocycles. The third-order valence-electron chi connectivity index (χ3n) is 5.76. The van der Waals surface area contributed by atoms with Crippen LogP contribution in [0.1, 0.15) is 79.7 Å². The van der Waals surface area contributed by atoms with E-state index in [2.05, 4.69) is 68.2 Å². The summed E-state index contributed by atoms with van der Waals surface area (Å²) in [5, 5.41) is 9.36. The third kappa shape index (κ3) is 5.02. The minimum atomic E-state index is 0.483. The molecule has 138 valence electrons. The van der Waals surface area contributed by atoms with Gasteiger partial charge in [-0.25, -0.2) is 0 Å². The average Bonchev–Trinajstić information content (AvgIpc) is 2.73. The molecule has 0 spiro atoms. The fraction of sp³-hybridized carbons (Fsp3) is 0.423. The van der Waals surface area contributed by atoms with Crippen LogP contribution in [0.15, 0.2) is 42.5 Å². The summed E-state index contributed by atoms with van der Waals surface area (Å²) in [7, 11) is 0. The molecular weight excluding hydrogens is 326 g/mol. The van der Waals surface area contributed by atoms with Gasteiger partial charge in [0, 0.05) is 11.5 Å². The summed E-state index contributed by atoms with van der Waals surface area (Å²) in [5.41, 5.74) is 5.80. The van der Waals surface area contributed by atoms with Crippen LogP contribution < -0.4 is 0 Å². The SMILES string of the molecule is CCCc1ccc(C#CC2CCC(c3ccc(CC)cc3)CC2)cc1C#N. The Balaban J connectivity index is 1.60. The first-order chi connectivity index (χ1) is 13.2. The second-order valence-electron chi connectivity index (χ2n) is 7.65. The van der Waals surface area contributed by atoms with E-state index in [-0.39, 0.29) is 0 Å². The maximum Gasteiger partial charge on any atom is 0.0994 e. The maximum absolute atomic E-state index is 9.36. The van der Waals surface area contributed by atoms with Gasteiger partial charge in [0.25, 0.3) is 0 Å². The van der Waals surface area contributed by atoms with E-state index in [0.29, 0.717) is 11.8 Å². The van der Waals surface area contributed by atoms with Crippen LogP contribution >= 0.6 is 0 Å². The summed E-state index contributed by atoms with van der Waals surface area (Å²) in [6.45, 7) is 4.35. The fourth-order valence-electron chi connectivity index (χ4n) is 4.03. The van der Waals surface area contributed by atoms with Crippen LogP contribution in [-0.4, -0.2) is 0 Å². The first kappa shape index (κ1) is 19.3. The molecule has 1 aliphatic carbocycles. The molecule has 0 saturated heterocycles. The lowest BCUT2D eigenvalue weighted by Crippen LogP contribution is -2.12. The van der Waals surface area contributed by atoms with E-state index in [1.54, 1.807) is 0 Å². The number of aryl methyl sites for hydroxylation is 2. The molecule has 2 aromatic carbocycles. The van der Waals surface area contributed by atoms with E-state index in [0.717, 1.165) is 36.0 Å². The van der Waals surface area contributed by atoms with E-state index in [9.17, 15) is 5.26 Å². The summed E-state index contributed by atoms with van der Waals surface area (Å²) in [6.07, 6.45) is 7.92. The average molecular weight is 356 g/mol. The number of nitrogens with zero attached hydrogens (tertiary/aromatic N) is 1. The molecule has 3 rings (SSSR count). The predicted molar refractivity (Wildman–Crippen MR) is 113 cm³/mol. The Labute approximate surface area is 164 Å². The van der Waals surface area contributed by atoms with Crippen molar-refractivity contribution in [1.82, 2.24) is 0 Å². The highest BCUT2D eigenvalue weighted by molar-refractivity contribution is 5.46. The van der Waals surface area contributed by atoms with E-state index in [4.69, 9.17) is 0 Å². The molecule has 1 fully saturated rings. The third-order valence-corrected chi connectivity index (χ3v) is 5.76. The van der Waals surface area contributed by atoms with Gasteiger partial charge in [-0.2, -0.15) is 5.26 Å². The summed E-state index contributed by atoms with van der Waals surface area (Å²) in [6, 6.07) is 17.6. The zero-order chi connectivity index (χ0) is 19.1. The molecule has 0 aliphatic heterocycles. The Morgan fingerprint density at radius 2 is 1.70 bits per heavy atom. The minimum absolute atomic E-state index is 0.483. The molecule has 1 heteroatoms. The Morgan fingerprint density at radius 3 is 2.33 bits per heavy atom. The van der Waals surface area contributed by atoms with Crippen molar-refractivity contribution in [2.24, 2.45) is 5.92 Å². The monoisotopic (exact) mass is 355 g/mol. The van der Waals surface area contributed by atoms with Crippen molar-refractivity contribution in [2.45, 2.75) is 64.7 Å². The number of rotatable bonds is 4. The van der Waals surface area contributed by atoms with Gasteiger partial charge in [0.05, 0.1) is 11.6 Å². The van der Waals surface area contributed by atoms with Crippen molar-refractivity contribution in [3.05, 3.63) is 70.3 Å². The Morgan fingerprint density at radius 1 is 0.963 bits per heavy atom. The quantitative estimate of drug-likeness (QED) is 0.582. The van der Waals surface area contributed by atoms with Crippen LogP contribution in [0.2, 0.25) is 0 Å². The summed E-state index contributed by atoms with van der Waals surface area (Å²) < 4.78 is 0. The number of hydrogen-bond acceptors (Lipinski definition) is 1. The van der Waals surface area contributed by atoms with Crippen molar-refractivity contribution < 1.29 is 0 Å². The Bertz CT molecular complexity index is 850. The van der Waals surface area contributed by atoms with Crippen molar-refractivity contribution in [1.29, 1.82) is 5.26 Å². The number of benzene rings is 2. The lowest BCUT2D eigenvalue weighted by molar-refractivity contribution is 0.384. The maximum atomic E-state index is 9.36. The van der Waals surface area contributed by atoms with Crippen molar-refractivity contribution in [3.63, 3.8) is 0 Å². The molecule has 2 aromatic rings. The molecular formula is C26H29N. The van der Waals surface area contributed by atoms with Gasteiger partial charge < -0.3 is 0 Å². The van der Waals surface area contributed by atoms with E-state index < -0.39 is 0 Å². The fourth-order valence-corrected chi connectivity index (χ4v) is 4.03. The second kappa shape index (κ2) is 9.43. The van der Waals surface area contributed by atoms with E-state index >= 15 is 0 Å². The lowest BCUT2D eigenvalue weighted by Gasteiger charge is -2.26. The summed E-state index contributed by atoms with van der Waals surface area (Å²) >= 11 is 0. The normalized spacial score (nSPS) is 19.0. The molecule has 0 N–H and O–H groups in total. The highest BCUT2D eigenvalue weighted by atomic mass is 14.3. The van der Waals surface area contributed by atoms with Gasteiger partial charge >= 0.3 is 0 Å². The largest absolute Gasteiger partial charge is 0.192 e. The van der Waals surface area contributed by atoms with Crippen LogP contribution in [-0.2, 0) is 12.8 Å². The molecule has 0 heterocycles. The van der Waals surface area contributed by atoms with E-state index in [1.807, 2.05) is 6.07 Å². The van der Waals surface area contributed by atoms with Gasteiger partial charge in [-0.05, 0) is 73.3 Å². The van der Waals surface area contributed by atoms with Gasteiger partial charge in [-0.3, -0.25) is 0 Å². The van der Waals surface area contributed by atoms with Crippen molar-refractivity contribution in [3.8, 4) is 17.9 Å². The number of nitriles is 1. The molecule has 0 radical (unpaired) electrons. The molecule has 27 heavy (non-hydrogen) atoms. The molecule has 1 nitrogen and oxygen atoms in total. The summed E-state index contributed by atoms with van der Waals surface area (Å²) in [5.74, 6) is 7.97. The van der Waals surface area contributed by atoms with Crippen LogP contribution in [0, 0.1) is 29.1 Å². The standard InChI is InChI=1S/C26H29N/c1-3-5-23-17-12-22(18-26(23)19-27)7-6-21-10-15-25(16-11-21)24-13-8-20(4-2)9-14-24/h8-9,12-14,17-18,21,25H,3-5,10-11,15-16H2,1-2H3. The van der Waals surface area contributed by atoms with Gasteiger partial charge in [0.15, 0.2) is 0 Å². The molecule has 0 atom stereocenters. The smallest absolute Gasteiger partial charge is 0.0994 e. The highest BCUT2D eigenvalue weighted by Crippen LogP contribution is 2.35. The van der Waals surface area contributed by atoms with Crippen LogP contribution in [0.5, 0.6) is 0 Å². The second-order valence-corrected chi connectivity index (χ2v) is 7.65. The highest BCUT2D eigenvalue weighted by Gasteiger charge is 2.21.